The maximum atomic E-state index is 12.9. The number of carbonyl (C=O) groups is 1. The quantitative estimate of drug-likeness (QED) is 0.864. The van der Waals surface area contributed by atoms with Crippen molar-refractivity contribution >= 4 is 21.8 Å². The molecule has 0 bridgehead atoms. The van der Waals surface area contributed by atoms with Crippen LogP contribution in [0.25, 0.3) is 0 Å². The number of hydrogen-bond acceptors (Lipinski definition) is 3. The molecule has 0 saturated carbocycles. The van der Waals surface area contributed by atoms with Gasteiger partial charge in [-0.25, -0.2) is 4.98 Å². The number of aromatic amines is 1. The number of nitrogens with zero attached hydrogens (tertiary/aromatic N) is 2. The van der Waals surface area contributed by atoms with E-state index in [2.05, 4.69) is 25.9 Å². The van der Waals surface area contributed by atoms with Crippen molar-refractivity contribution in [2.75, 3.05) is 13.1 Å². The second kappa shape index (κ2) is 6.45. The molecule has 23 heavy (non-hydrogen) atoms. The topological polar surface area (TPSA) is 75.0 Å². The highest BCUT2D eigenvalue weighted by atomic mass is 79.9. The Morgan fingerprint density at radius 1 is 1.35 bits per heavy atom. The summed E-state index contributed by atoms with van der Waals surface area (Å²) in [6, 6.07) is 7.63. The lowest BCUT2D eigenvalue weighted by atomic mass is 9.89. The zero-order chi connectivity index (χ0) is 16.4. The molecular weight excluding hydrogens is 356 g/mol. The Balaban J connectivity index is 1.67. The highest BCUT2D eigenvalue weighted by Gasteiger charge is 2.36. The largest absolute Gasteiger partial charge is 0.348 e. The molecule has 1 aromatic carbocycles. The van der Waals surface area contributed by atoms with Gasteiger partial charge in [0.15, 0.2) is 0 Å². The number of nitrogens with two attached hydrogens (primary N) is 1. The summed E-state index contributed by atoms with van der Waals surface area (Å²) in [5, 5.41) is 0. The van der Waals surface area contributed by atoms with Gasteiger partial charge in [0.25, 0.3) is 0 Å². The third-order valence-corrected chi connectivity index (χ3v) is 5.16. The van der Waals surface area contributed by atoms with E-state index in [1.807, 2.05) is 35.4 Å². The molecule has 1 aliphatic heterocycles. The molecule has 0 aliphatic carbocycles. The third kappa shape index (κ3) is 3.33. The molecule has 1 unspecified atom stereocenters. The second-order valence-corrected chi connectivity index (χ2v) is 7.20. The Kier molecular flexibility index (Phi) is 4.55. The summed E-state index contributed by atoms with van der Waals surface area (Å²) in [7, 11) is 0. The van der Waals surface area contributed by atoms with Gasteiger partial charge in [-0.15, -0.1) is 0 Å². The van der Waals surface area contributed by atoms with E-state index in [1.165, 1.54) is 0 Å². The zero-order valence-corrected chi connectivity index (χ0v) is 14.7. The number of aromatic nitrogens is 2. The van der Waals surface area contributed by atoms with Crippen LogP contribution in [0.3, 0.4) is 0 Å². The van der Waals surface area contributed by atoms with E-state index in [0.29, 0.717) is 5.92 Å². The van der Waals surface area contributed by atoms with Crippen LogP contribution in [0.2, 0.25) is 0 Å². The Morgan fingerprint density at radius 2 is 2.00 bits per heavy atom. The Morgan fingerprint density at radius 3 is 2.57 bits per heavy atom. The van der Waals surface area contributed by atoms with E-state index in [4.69, 9.17) is 5.73 Å². The van der Waals surface area contributed by atoms with Crippen molar-refractivity contribution in [3.05, 3.63) is 52.5 Å². The van der Waals surface area contributed by atoms with Crippen LogP contribution in [-0.2, 0) is 10.3 Å². The van der Waals surface area contributed by atoms with Crippen LogP contribution in [0.15, 0.2) is 41.3 Å². The molecule has 6 heteroatoms. The maximum Gasteiger partial charge on any atom is 0.246 e. The van der Waals surface area contributed by atoms with E-state index in [0.717, 1.165) is 41.7 Å². The molecule has 1 saturated heterocycles. The van der Waals surface area contributed by atoms with E-state index in [1.54, 1.807) is 13.3 Å². The summed E-state index contributed by atoms with van der Waals surface area (Å²) in [5.41, 5.74) is 7.36. The van der Waals surface area contributed by atoms with E-state index < -0.39 is 5.54 Å². The zero-order valence-electron chi connectivity index (χ0n) is 13.1. The number of piperidine rings is 1. The van der Waals surface area contributed by atoms with Gasteiger partial charge in [-0.3, -0.25) is 4.79 Å². The van der Waals surface area contributed by atoms with Gasteiger partial charge in [-0.2, -0.15) is 0 Å². The van der Waals surface area contributed by atoms with Crippen molar-refractivity contribution in [3.63, 3.8) is 0 Å². The van der Waals surface area contributed by atoms with E-state index in [-0.39, 0.29) is 5.91 Å². The Hall–Kier alpha value is -1.66. The lowest BCUT2D eigenvalue weighted by molar-refractivity contribution is -0.137. The number of H-pyrrole nitrogens is 1. The molecule has 0 radical (unpaired) electrons. The number of likely N-dealkylation sites (tertiary alicyclic amines) is 1. The van der Waals surface area contributed by atoms with Gasteiger partial charge in [-0.1, -0.05) is 28.1 Å². The fourth-order valence-electron chi connectivity index (χ4n) is 3.13. The van der Waals surface area contributed by atoms with Gasteiger partial charge in [-0.05, 0) is 37.5 Å². The fourth-order valence-corrected chi connectivity index (χ4v) is 3.40. The Labute approximate surface area is 144 Å². The molecule has 2 aromatic rings. The highest BCUT2D eigenvalue weighted by molar-refractivity contribution is 9.10. The van der Waals surface area contributed by atoms with Gasteiger partial charge in [0.2, 0.25) is 5.91 Å². The number of imidazole rings is 1. The number of amides is 1. The summed E-state index contributed by atoms with van der Waals surface area (Å²) < 4.78 is 0.977. The minimum absolute atomic E-state index is 0.0112. The standard InChI is InChI=1S/C17H21BrN4O/c1-17(19,13-2-4-14(18)5-3-13)16(23)22-8-6-12(7-9-22)15-10-20-11-21-15/h2-5,10-12H,6-9,19H2,1H3,(H,20,21). The number of rotatable bonds is 3. The first kappa shape index (κ1) is 16.2. The number of halogens is 1. The van der Waals surface area contributed by atoms with Crippen LogP contribution in [0.4, 0.5) is 0 Å². The lowest BCUT2D eigenvalue weighted by Crippen LogP contribution is -2.52. The molecule has 122 valence electrons. The second-order valence-electron chi connectivity index (χ2n) is 6.28. The molecule has 3 rings (SSSR count). The molecule has 1 aromatic heterocycles. The maximum absolute atomic E-state index is 12.9. The highest BCUT2D eigenvalue weighted by Crippen LogP contribution is 2.29. The van der Waals surface area contributed by atoms with Crippen LogP contribution in [0, 0.1) is 0 Å². The lowest BCUT2D eigenvalue weighted by Gasteiger charge is -2.36. The molecule has 1 amide bonds. The number of nitrogens with one attached hydrogen (secondary N) is 1. The molecule has 1 aliphatic rings. The predicted octanol–water partition coefficient (Wildman–Crippen LogP) is 2.75. The third-order valence-electron chi connectivity index (χ3n) is 4.63. The molecule has 3 N–H and O–H groups in total. The summed E-state index contributed by atoms with van der Waals surface area (Å²) in [6.45, 7) is 3.25. The smallest absolute Gasteiger partial charge is 0.246 e. The van der Waals surface area contributed by atoms with Gasteiger partial charge < -0.3 is 15.6 Å². The Bertz CT molecular complexity index is 658. The van der Waals surface area contributed by atoms with Crippen molar-refractivity contribution < 1.29 is 4.79 Å². The molecule has 5 nitrogen and oxygen atoms in total. The van der Waals surface area contributed by atoms with Crippen LogP contribution < -0.4 is 5.73 Å². The van der Waals surface area contributed by atoms with E-state index >= 15 is 0 Å². The van der Waals surface area contributed by atoms with Crippen LogP contribution in [0.5, 0.6) is 0 Å². The normalized spacial score (nSPS) is 18.7. The molecular formula is C17H21BrN4O. The van der Waals surface area contributed by atoms with Crippen molar-refractivity contribution in [1.82, 2.24) is 14.9 Å². The number of benzene rings is 1. The monoisotopic (exact) mass is 376 g/mol. The minimum Gasteiger partial charge on any atom is -0.348 e. The van der Waals surface area contributed by atoms with Gasteiger partial charge in [0.05, 0.1) is 6.33 Å². The average Bonchev–Trinajstić information content (AvgIpc) is 3.09. The van der Waals surface area contributed by atoms with Crippen molar-refractivity contribution in [3.8, 4) is 0 Å². The number of hydrogen-bond donors (Lipinski definition) is 2. The summed E-state index contributed by atoms with van der Waals surface area (Å²) in [6.07, 6.45) is 5.45. The van der Waals surface area contributed by atoms with Gasteiger partial charge in [0, 0.05) is 35.4 Å². The summed E-state index contributed by atoms with van der Waals surface area (Å²) >= 11 is 3.41. The first-order chi connectivity index (χ1) is 11.0. The van der Waals surface area contributed by atoms with Crippen LogP contribution >= 0.6 is 15.9 Å². The van der Waals surface area contributed by atoms with E-state index in [9.17, 15) is 4.79 Å². The first-order valence-corrected chi connectivity index (χ1v) is 8.60. The molecule has 1 atom stereocenters. The molecule has 2 heterocycles. The minimum atomic E-state index is -0.998. The summed E-state index contributed by atoms with van der Waals surface area (Å²) in [4.78, 5) is 22.0. The van der Waals surface area contributed by atoms with Gasteiger partial charge >= 0.3 is 0 Å². The number of carbonyl (C=O) groups excluding carboxylic acids is 1. The molecule has 0 spiro atoms. The SMILES string of the molecule is CC(N)(C(=O)N1CCC(c2cnc[nH]2)CC1)c1ccc(Br)cc1. The fraction of sp³-hybridized carbons (Fsp3) is 0.412. The summed E-state index contributed by atoms with van der Waals surface area (Å²) in [5.74, 6) is 0.432. The van der Waals surface area contributed by atoms with Crippen LogP contribution in [0.1, 0.15) is 36.9 Å². The molecule has 1 fully saturated rings. The predicted molar refractivity (Wildman–Crippen MR) is 92.8 cm³/mol. The average molecular weight is 377 g/mol. The van der Waals surface area contributed by atoms with Gasteiger partial charge in [0.1, 0.15) is 5.54 Å². The van der Waals surface area contributed by atoms with Crippen LogP contribution in [-0.4, -0.2) is 33.9 Å². The van der Waals surface area contributed by atoms with Crippen molar-refractivity contribution in [2.45, 2.75) is 31.2 Å². The van der Waals surface area contributed by atoms with Crippen molar-refractivity contribution in [2.24, 2.45) is 5.73 Å². The first-order valence-electron chi connectivity index (χ1n) is 7.81. The van der Waals surface area contributed by atoms with Crippen molar-refractivity contribution in [1.29, 1.82) is 0 Å².